The van der Waals surface area contributed by atoms with Crippen LogP contribution in [0.15, 0.2) is 110 Å². The largest absolute Gasteiger partial charge is 0.490 e. The minimum atomic E-state index is -5.08. The smallest absolute Gasteiger partial charge is 0.475 e. The maximum Gasteiger partial charge on any atom is 0.490 e. The van der Waals surface area contributed by atoms with Crippen LogP contribution in [0.25, 0.3) is 22.5 Å². The summed E-state index contributed by atoms with van der Waals surface area (Å²) in [4.78, 5) is 33.4. The van der Waals surface area contributed by atoms with Crippen molar-refractivity contribution in [3.05, 3.63) is 149 Å². The number of nitrogens with zero attached hydrogens (tertiary/aromatic N) is 8. The van der Waals surface area contributed by atoms with E-state index < -0.39 is 19.3 Å². The second kappa shape index (κ2) is 23.2. The van der Waals surface area contributed by atoms with Gasteiger partial charge in [-0.25, -0.2) is 9.78 Å². The molecular formula is C38H34BClF3N9O4. The molecule has 13 nitrogen and oxygen atoms in total. The number of pyridine rings is 6. The summed E-state index contributed by atoms with van der Waals surface area (Å²) >= 11 is 5.57. The molecule has 0 radical (unpaired) electrons. The lowest BCUT2D eigenvalue weighted by atomic mass is 9.82. The molecule has 6 aromatic rings. The zero-order chi connectivity index (χ0) is 41.7. The molecule has 0 bridgehead atoms. The lowest BCUT2D eigenvalue weighted by Crippen LogP contribution is -2.29. The van der Waals surface area contributed by atoms with Crippen molar-refractivity contribution in [3.63, 3.8) is 0 Å². The van der Waals surface area contributed by atoms with Crippen molar-refractivity contribution >= 4 is 30.2 Å². The van der Waals surface area contributed by atoms with E-state index in [0.29, 0.717) is 28.3 Å². The first-order valence-corrected chi connectivity index (χ1v) is 16.4. The molecule has 6 heterocycles. The van der Waals surface area contributed by atoms with E-state index >= 15 is 0 Å². The summed E-state index contributed by atoms with van der Waals surface area (Å²) < 4.78 is 31.7. The Bertz CT molecular complexity index is 2210. The van der Waals surface area contributed by atoms with Crippen molar-refractivity contribution in [3.8, 4) is 34.7 Å². The Kier molecular flexibility index (Phi) is 18.9. The number of alkyl halides is 3. The Labute approximate surface area is 325 Å². The quantitative estimate of drug-likeness (QED) is 0.127. The van der Waals surface area contributed by atoms with Crippen LogP contribution >= 0.6 is 11.6 Å². The van der Waals surface area contributed by atoms with Gasteiger partial charge in [-0.2, -0.15) is 23.7 Å². The number of nitrogens with two attached hydrogens (primary N) is 1. The third kappa shape index (κ3) is 17.0. The molecule has 0 atom stereocenters. The number of carbonyl (C=O) groups is 1. The van der Waals surface area contributed by atoms with Crippen molar-refractivity contribution in [2.75, 3.05) is 0 Å². The normalized spacial score (nSPS) is 9.79. The molecule has 5 N–H and O–H groups in total. The number of hydrogen-bond donors (Lipinski definition) is 4. The predicted octanol–water partition coefficient (Wildman–Crippen LogP) is 5.54. The van der Waals surface area contributed by atoms with E-state index in [-0.39, 0.29) is 0 Å². The summed E-state index contributed by atoms with van der Waals surface area (Å²) in [6, 6.07) is 25.8. The number of carboxylic acid groups (broad SMARTS) is 1. The lowest BCUT2D eigenvalue weighted by Gasteiger charge is -2.04. The maximum atomic E-state index is 10.6. The fourth-order valence-electron chi connectivity index (χ4n) is 4.14. The molecule has 0 saturated heterocycles. The molecule has 6 aromatic heterocycles. The van der Waals surface area contributed by atoms with Crippen LogP contribution in [0.2, 0.25) is 5.15 Å². The van der Waals surface area contributed by atoms with Gasteiger partial charge >= 0.3 is 19.3 Å². The Hall–Kier alpha value is -6.63. The zero-order valence-electron chi connectivity index (χ0n) is 30.1. The van der Waals surface area contributed by atoms with E-state index in [1.807, 2.05) is 62.5 Å². The SMILES string of the molecule is Cc1cc(C#N)cc(-c2cccnc2)n1.Cc1cc(C#N)cc(Cl)n1.Cc1cc(CN)cc(-c2cccnc2)n1.O=C(O)C(F)(F)F.OB(O)c1cccnc1. The summed E-state index contributed by atoms with van der Waals surface area (Å²) in [6.45, 7) is 6.18. The number of aromatic nitrogens is 6. The van der Waals surface area contributed by atoms with E-state index in [1.54, 1.807) is 62.0 Å². The number of hydrogen-bond acceptors (Lipinski definition) is 12. The number of rotatable bonds is 4. The van der Waals surface area contributed by atoms with Crippen molar-refractivity contribution in [1.82, 2.24) is 29.9 Å². The number of nitriles is 2. The second-order valence-electron chi connectivity index (χ2n) is 11.1. The Morgan fingerprint density at radius 2 is 1.20 bits per heavy atom. The molecule has 6 rings (SSSR count). The molecule has 18 heteroatoms. The topological polar surface area (TPSA) is 229 Å². The summed E-state index contributed by atoms with van der Waals surface area (Å²) in [7, 11) is -1.40. The van der Waals surface area contributed by atoms with Gasteiger partial charge in [-0.3, -0.25) is 24.9 Å². The lowest BCUT2D eigenvalue weighted by molar-refractivity contribution is -0.192. The highest BCUT2D eigenvalue weighted by Crippen LogP contribution is 2.19. The maximum absolute atomic E-state index is 10.6. The fourth-order valence-corrected chi connectivity index (χ4v) is 4.39. The van der Waals surface area contributed by atoms with Gasteiger partial charge in [0.2, 0.25) is 0 Å². The van der Waals surface area contributed by atoms with E-state index in [9.17, 15) is 13.2 Å². The van der Waals surface area contributed by atoms with E-state index in [1.165, 1.54) is 12.3 Å². The highest BCUT2D eigenvalue weighted by molar-refractivity contribution is 6.58. The molecule has 0 fully saturated rings. The molecule has 0 spiro atoms. The molecular weight excluding hydrogens is 750 g/mol. The summed E-state index contributed by atoms with van der Waals surface area (Å²) in [5.41, 5.74) is 14.6. The van der Waals surface area contributed by atoms with Crippen LogP contribution < -0.4 is 11.2 Å². The van der Waals surface area contributed by atoms with Gasteiger partial charge in [0.1, 0.15) is 5.15 Å². The fraction of sp³-hybridized carbons (Fsp3) is 0.132. The highest BCUT2D eigenvalue weighted by atomic mass is 35.5. The average Bonchev–Trinajstić information content (AvgIpc) is 3.18. The number of aliphatic carboxylic acids is 1. The van der Waals surface area contributed by atoms with E-state index in [2.05, 4.69) is 36.0 Å². The van der Waals surface area contributed by atoms with Crippen molar-refractivity contribution in [1.29, 1.82) is 10.5 Å². The first-order chi connectivity index (χ1) is 26.6. The third-order valence-corrected chi connectivity index (χ3v) is 6.72. The Balaban J connectivity index is 0.000000249. The Morgan fingerprint density at radius 3 is 1.57 bits per heavy atom. The van der Waals surface area contributed by atoms with Crippen molar-refractivity contribution in [2.45, 2.75) is 33.5 Å². The first kappa shape index (κ1) is 45.5. The summed E-state index contributed by atoms with van der Waals surface area (Å²) in [5.74, 6) is -2.76. The molecule has 286 valence electrons. The average molecular weight is 784 g/mol. The zero-order valence-corrected chi connectivity index (χ0v) is 30.8. The van der Waals surface area contributed by atoms with Crippen LogP contribution in [-0.4, -0.2) is 64.3 Å². The molecule has 0 aromatic carbocycles. The van der Waals surface area contributed by atoms with Gasteiger partial charge in [-0.1, -0.05) is 17.7 Å². The highest BCUT2D eigenvalue weighted by Gasteiger charge is 2.38. The summed E-state index contributed by atoms with van der Waals surface area (Å²) in [6.07, 6.45) is 4.91. The molecule has 0 unspecified atom stereocenters. The van der Waals surface area contributed by atoms with Crippen LogP contribution in [0, 0.1) is 43.4 Å². The van der Waals surface area contributed by atoms with Gasteiger partial charge in [0.15, 0.2) is 0 Å². The Morgan fingerprint density at radius 1 is 0.750 bits per heavy atom. The monoisotopic (exact) mass is 783 g/mol. The van der Waals surface area contributed by atoms with E-state index in [0.717, 1.165) is 45.2 Å². The van der Waals surface area contributed by atoms with Gasteiger partial charge in [-0.05, 0) is 93.1 Å². The third-order valence-electron chi connectivity index (χ3n) is 6.52. The minimum absolute atomic E-state index is 0.372. The number of halogens is 4. The van der Waals surface area contributed by atoms with E-state index in [4.69, 9.17) is 47.8 Å². The van der Waals surface area contributed by atoms with Gasteiger partial charge in [-0.15, -0.1) is 0 Å². The van der Waals surface area contributed by atoms with Crippen LogP contribution in [0.3, 0.4) is 0 Å². The number of aryl methyl sites for hydroxylation is 3. The van der Waals surface area contributed by atoms with Crippen LogP contribution in [0.4, 0.5) is 13.2 Å². The van der Waals surface area contributed by atoms with Gasteiger partial charge in [0.25, 0.3) is 0 Å². The first-order valence-electron chi connectivity index (χ1n) is 16.0. The molecule has 0 aliphatic heterocycles. The van der Waals surface area contributed by atoms with Gasteiger partial charge in [0.05, 0.1) is 34.7 Å². The van der Waals surface area contributed by atoms with Crippen molar-refractivity contribution < 1.29 is 33.1 Å². The number of carboxylic acids is 1. The molecule has 56 heavy (non-hydrogen) atoms. The minimum Gasteiger partial charge on any atom is -0.475 e. The second-order valence-corrected chi connectivity index (χ2v) is 11.5. The molecule has 0 aliphatic rings. The molecule has 0 saturated carbocycles. The predicted molar refractivity (Wildman–Crippen MR) is 203 cm³/mol. The van der Waals surface area contributed by atoms with Gasteiger partial charge < -0.3 is 20.9 Å². The molecule has 0 aliphatic carbocycles. The summed E-state index contributed by atoms with van der Waals surface area (Å²) in [5, 5.41) is 41.9. The molecule has 0 amide bonds. The van der Waals surface area contributed by atoms with Gasteiger partial charge in [0, 0.05) is 77.4 Å². The van der Waals surface area contributed by atoms with Crippen LogP contribution in [-0.2, 0) is 11.3 Å². The standard InChI is InChI=1S/C12H13N3.C12H9N3.C7H5ClN2.C5H6BNO2.C2HF3O2/c2*1-9-5-10(7-13)6-12(15-9)11-3-2-4-14-8-11;1-5-2-6(4-9)3-7(8)10-5;8-6(9)5-2-1-3-7-4-5;3-2(4,5)1(6)7/h2-6,8H,7,13H2,1H3;2-6,8H,1H3;2-3H,1H3;1-4,8-9H;(H,6,7). The van der Waals surface area contributed by atoms with Crippen LogP contribution in [0.5, 0.6) is 0 Å². The van der Waals surface area contributed by atoms with Crippen molar-refractivity contribution in [2.24, 2.45) is 5.73 Å². The van der Waals surface area contributed by atoms with Crippen LogP contribution in [0.1, 0.15) is 33.8 Å².